The van der Waals surface area contributed by atoms with Crippen LogP contribution in [0, 0.1) is 11.8 Å². The molecule has 0 aliphatic rings. The van der Waals surface area contributed by atoms with Gasteiger partial charge in [-0.1, -0.05) is 59.7 Å². The highest BCUT2D eigenvalue weighted by Crippen LogP contribution is 2.26. The van der Waals surface area contributed by atoms with Gasteiger partial charge >= 0.3 is 0 Å². The fourth-order valence-electron chi connectivity index (χ4n) is 2.69. The fourth-order valence-corrected chi connectivity index (χ4v) is 2.69. The minimum atomic E-state index is -0.500. The molecule has 0 aromatic heterocycles. The lowest BCUT2D eigenvalue weighted by Crippen LogP contribution is -2.47. The van der Waals surface area contributed by atoms with Gasteiger partial charge in [0.15, 0.2) is 6.10 Å². The first kappa shape index (κ1) is 18.5. The second kappa shape index (κ2) is 8.21. The third kappa shape index (κ3) is 5.04. The fraction of sp³-hybridized carbons (Fsp3) is 0.632. The highest BCUT2D eigenvalue weighted by molar-refractivity contribution is 5.81. The zero-order valence-electron chi connectivity index (χ0n) is 15.0. The number of carbonyl (C=O) groups excluding carboxylic acids is 1. The van der Waals surface area contributed by atoms with Crippen LogP contribution in [0.5, 0.6) is 5.75 Å². The van der Waals surface area contributed by atoms with E-state index in [-0.39, 0.29) is 11.9 Å². The molecule has 3 heteroatoms. The zero-order chi connectivity index (χ0) is 16.9. The van der Waals surface area contributed by atoms with Crippen LogP contribution in [0.15, 0.2) is 24.3 Å². The standard InChI is InChI=1S/C19H31NO2/c1-12(2)16-10-8-9-11-17(16)22-15(7)19(21)20-18(13(3)4)14(5)6/h8-15,18H,1-7H3,(H,20,21)/t15-/m1/s1. The maximum Gasteiger partial charge on any atom is 0.261 e. The highest BCUT2D eigenvalue weighted by Gasteiger charge is 2.24. The molecule has 1 amide bonds. The summed E-state index contributed by atoms with van der Waals surface area (Å²) in [5.41, 5.74) is 1.13. The summed E-state index contributed by atoms with van der Waals surface area (Å²) < 4.78 is 5.92. The Bertz CT molecular complexity index is 472. The molecule has 0 aliphatic carbocycles. The van der Waals surface area contributed by atoms with Gasteiger partial charge in [-0.15, -0.1) is 0 Å². The van der Waals surface area contributed by atoms with Crippen molar-refractivity contribution in [1.29, 1.82) is 0 Å². The Morgan fingerprint density at radius 1 is 0.955 bits per heavy atom. The van der Waals surface area contributed by atoms with Crippen molar-refractivity contribution < 1.29 is 9.53 Å². The normalized spacial score (nSPS) is 13.0. The highest BCUT2D eigenvalue weighted by atomic mass is 16.5. The first-order valence-electron chi connectivity index (χ1n) is 8.30. The Kier molecular flexibility index (Phi) is 6.92. The molecule has 22 heavy (non-hydrogen) atoms. The number of para-hydroxylation sites is 1. The number of benzene rings is 1. The Morgan fingerprint density at radius 2 is 1.50 bits per heavy atom. The van der Waals surface area contributed by atoms with Gasteiger partial charge in [-0.2, -0.15) is 0 Å². The first-order chi connectivity index (χ1) is 10.2. The number of carbonyl (C=O) groups is 1. The van der Waals surface area contributed by atoms with Crippen LogP contribution in [0.25, 0.3) is 0 Å². The molecule has 1 N–H and O–H groups in total. The van der Waals surface area contributed by atoms with E-state index in [1.54, 1.807) is 0 Å². The van der Waals surface area contributed by atoms with Crippen molar-refractivity contribution in [3.05, 3.63) is 29.8 Å². The molecule has 0 unspecified atom stereocenters. The van der Waals surface area contributed by atoms with E-state index in [1.807, 2.05) is 25.1 Å². The van der Waals surface area contributed by atoms with Crippen molar-refractivity contribution in [2.24, 2.45) is 11.8 Å². The van der Waals surface area contributed by atoms with Crippen molar-refractivity contribution in [3.63, 3.8) is 0 Å². The third-order valence-electron chi connectivity index (χ3n) is 3.96. The SMILES string of the molecule is CC(C)c1ccccc1O[C@H](C)C(=O)NC(C(C)C)C(C)C. The number of ether oxygens (including phenoxy) is 1. The van der Waals surface area contributed by atoms with E-state index in [9.17, 15) is 4.79 Å². The van der Waals surface area contributed by atoms with E-state index in [1.165, 1.54) is 0 Å². The van der Waals surface area contributed by atoms with E-state index in [2.05, 4.69) is 52.9 Å². The summed E-state index contributed by atoms with van der Waals surface area (Å²) in [4.78, 5) is 12.4. The minimum absolute atomic E-state index is 0.0500. The lowest BCUT2D eigenvalue weighted by atomic mass is 9.93. The van der Waals surface area contributed by atoms with Crippen molar-refractivity contribution in [2.75, 3.05) is 0 Å². The van der Waals surface area contributed by atoms with Gasteiger partial charge in [-0.05, 0) is 36.3 Å². The molecule has 0 heterocycles. The molecular weight excluding hydrogens is 274 g/mol. The van der Waals surface area contributed by atoms with Gasteiger partial charge in [0.2, 0.25) is 0 Å². The van der Waals surface area contributed by atoms with Gasteiger partial charge in [-0.3, -0.25) is 4.79 Å². The molecule has 1 rings (SSSR count). The lowest BCUT2D eigenvalue weighted by Gasteiger charge is -2.28. The van der Waals surface area contributed by atoms with Crippen LogP contribution in [0.3, 0.4) is 0 Å². The molecule has 3 nitrogen and oxygen atoms in total. The monoisotopic (exact) mass is 305 g/mol. The van der Waals surface area contributed by atoms with Crippen LogP contribution in [0.2, 0.25) is 0 Å². The molecule has 1 aromatic carbocycles. The summed E-state index contributed by atoms with van der Waals surface area (Å²) >= 11 is 0. The molecule has 0 saturated carbocycles. The van der Waals surface area contributed by atoms with Crippen molar-refractivity contribution in [1.82, 2.24) is 5.32 Å². The number of nitrogens with one attached hydrogen (secondary N) is 1. The molecule has 0 saturated heterocycles. The maximum atomic E-state index is 12.4. The van der Waals surface area contributed by atoms with Gasteiger partial charge in [0, 0.05) is 6.04 Å². The van der Waals surface area contributed by atoms with Gasteiger partial charge < -0.3 is 10.1 Å². The van der Waals surface area contributed by atoms with Gasteiger partial charge in [0.05, 0.1) is 0 Å². The summed E-state index contributed by atoms with van der Waals surface area (Å²) in [6.07, 6.45) is -0.500. The molecule has 0 spiro atoms. The summed E-state index contributed by atoms with van der Waals surface area (Å²) in [5.74, 6) is 1.92. The van der Waals surface area contributed by atoms with Crippen molar-refractivity contribution in [2.45, 2.75) is 66.5 Å². The van der Waals surface area contributed by atoms with Crippen LogP contribution < -0.4 is 10.1 Å². The Morgan fingerprint density at radius 3 is 2.00 bits per heavy atom. The van der Waals surface area contributed by atoms with Crippen LogP contribution in [-0.4, -0.2) is 18.1 Å². The maximum absolute atomic E-state index is 12.4. The molecule has 1 atom stereocenters. The van der Waals surface area contributed by atoms with Gasteiger partial charge in [-0.25, -0.2) is 0 Å². The Balaban J connectivity index is 2.76. The van der Waals surface area contributed by atoms with Crippen molar-refractivity contribution >= 4 is 5.91 Å². The van der Waals surface area contributed by atoms with E-state index in [0.717, 1.165) is 11.3 Å². The smallest absolute Gasteiger partial charge is 0.261 e. The average Bonchev–Trinajstić information content (AvgIpc) is 2.43. The molecule has 0 fully saturated rings. The summed E-state index contributed by atoms with van der Waals surface area (Å²) in [5, 5.41) is 3.12. The zero-order valence-corrected chi connectivity index (χ0v) is 15.0. The third-order valence-corrected chi connectivity index (χ3v) is 3.96. The lowest BCUT2D eigenvalue weighted by molar-refractivity contribution is -0.128. The average molecular weight is 305 g/mol. The largest absolute Gasteiger partial charge is 0.481 e. The number of hydrogen-bond donors (Lipinski definition) is 1. The summed E-state index contributed by atoms with van der Waals surface area (Å²) in [6, 6.07) is 8.09. The molecule has 0 bridgehead atoms. The molecule has 0 aliphatic heterocycles. The Hall–Kier alpha value is -1.51. The van der Waals surface area contributed by atoms with Crippen LogP contribution in [0.1, 0.15) is 59.9 Å². The number of amides is 1. The topological polar surface area (TPSA) is 38.3 Å². The van der Waals surface area contributed by atoms with Crippen LogP contribution in [0.4, 0.5) is 0 Å². The van der Waals surface area contributed by atoms with E-state index >= 15 is 0 Å². The summed E-state index contributed by atoms with van der Waals surface area (Å²) in [6.45, 7) is 14.6. The quantitative estimate of drug-likeness (QED) is 0.812. The van der Waals surface area contributed by atoms with Gasteiger partial charge in [0.1, 0.15) is 5.75 Å². The molecule has 124 valence electrons. The first-order valence-corrected chi connectivity index (χ1v) is 8.30. The van der Waals surface area contributed by atoms with Crippen molar-refractivity contribution in [3.8, 4) is 5.75 Å². The number of rotatable bonds is 7. The second-order valence-corrected chi connectivity index (χ2v) is 6.98. The van der Waals surface area contributed by atoms with E-state index in [0.29, 0.717) is 17.8 Å². The van der Waals surface area contributed by atoms with E-state index < -0.39 is 6.10 Å². The Labute approximate surface area is 135 Å². The van der Waals surface area contributed by atoms with Crippen LogP contribution in [-0.2, 0) is 4.79 Å². The van der Waals surface area contributed by atoms with Crippen LogP contribution >= 0.6 is 0 Å². The summed E-state index contributed by atoms with van der Waals surface area (Å²) in [7, 11) is 0. The minimum Gasteiger partial charge on any atom is -0.481 e. The predicted molar refractivity (Wildman–Crippen MR) is 92.2 cm³/mol. The molecule has 1 aromatic rings. The van der Waals surface area contributed by atoms with E-state index in [4.69, 9.17) is 4.74 Å². The molecular formula is C19H31NO2. The second-order valence-electron chi connectivity index (χ2n) is 6.98. The van der Waals surface area contributed by atoms with Gasteiger partial charge in [0.25, 0.3) is 5.91 Å². The molecule has 0 radical (unpaired) electrons. The number of hydrogen-bond acceptors (Lipinski definition) is 2. The predicted octanol–water partition coefficient (Wildman–Crippen LogP) is 4.37.